The maximum atomic E-state index is 5.74. The lowest BCUT2D eigenvalue weighted by Gasteiger charge is -2.20. The van der Waals surface area contributed by atoms with Crippen LogP contribution in [-0.4, -0.2) is 22.5 Å². The lowest BCUT2D eigenvalue weighted by atomic mass is 10.0. The summed E-state index contributed by atoms with van der Waals surface area (Å²) in [5, 5.41) is 4.41. The Kier molecular flexibility index (Phi) is 4.11. The van der Waals surface area contributed by atoms with Gasteiger partial charge in [0.25, 0.3) is 0 Å². The van der Waals surface area contributed by atoms with E-state index in [0.29, 0.717) is 0 Å². The zero-order valence-corrected chi connectivity index (χ0v) is 11.4. The highest BCUT2D eigenvalue weighted by Gasteiger charge is 2.23. The van der Waals surface area contributed by atoms with Gasteiger partial charge in [-0.05, 0) is 37.5 Å². The maximum Gasteiger partial charge on any atom is 0.0658 e. The molecular weight excluding hydrogens is 252 g/mol. The van der Waals surface area contributed by atoms with Crippen LogP contribution in [0.4, 0.5) is 0 Å². The monoisotopic (exact) mass is 272 g/mol. The van der Waals surface area contributed by atoms with Crippen molar-refractivity contribution in [3.8, 4) is 5.69 Å². The van der Waals surface area contributed by atoms with E-state index in [9.17, 15) is 0 Å². The highest BCUT2D eigenvalue weighted by molar-refractivity contribution is 5.33. The molecule has 0 aliphatic carbocycles. The molecule has 5 nitrogen and oxygen atoms in total. The Hall–Kier alpha value is -1.69. The van der Waals surface area contributed by atoms with E-state index in [4.69, 9.17) is 10.6 Å². The second-order valence-corrected chi connectivity index (χ2v) is 5.09. The van der Waals surface area contributed by atoms with Gasteiger partial charge in [0.1, 0.15) is 0 Å². The minimum Gasteiger partial charge on any atom is -0.378 e. The summed E-state index contributed by atoms with van der Waals surface area (Å²) in [6, 6.07) is 12.1. The molecule has 2 unspecified atom stereocenters. The molecule has 1 aliphatic heterocycles. The van der Waals surface area contributed by atoms with Crippen LogP contribution in [0.15, 0.2) is 42.6 Å². The van der Waals surface area contributed by atoms with E-state index in [2.05, 4.69) is 10.5 Å². The van der Waals surface area contributed by atoms with Gasteiger partial charge in [0, 0.05) is 12.8 Å². The van der Waals surface area contributed by atoms with E-state index in [1.165, 1.54) is 0 Å². The largest absolute Gasteiger partial charge is 0.378 e. The van der Waals surface area contributed by atoms with Crippen molar-refractivity contribution in [2.24, 2.45) is 5.84 Å². The first-order valence-electron chi connectivity index (χ1n) is 7.05. The standard InChI is InChI=1S/C15H20N4O/c16-18-14(11-13-7-4-10-20-13)15-8-9-17-19(15)12-5-2-1-3-6-12/h1-3,5-6,8-9,13-14,18H,4,7,10-11,16H2. The summed E-state index contributed by atoms with van der Waals surface area (Å²) >= 11 is 0. The van der Waals surface area contributed by atoms with Crippen LogP contribution >= 0.6 is 0 Å². The number of benzene rings is 1. The van der Waals surface area contributed by atoms with Crippen molar-refractivity contribution < 1.29 is 4.74 Å². The van der Waals surface area contributed by atoms with E-state index in [1.54, 1.807) is 0 Å². The van der Waals surface area contributed by atoms with Crippen molar-refractivity contribution in [2.75, 3.05) is 6.61 Å². The topological polar surface area (TPSA) is 65.1 Å². The van der Waals surface area contributed by atoms with Gasteiger partial charge in [0.2, 0.25) is 0 Å². The van der Waals surface area contributed by atoms with E-state index in [0.717, 1.165) is 37.3 Å². The molecule has 0 radical (unpaired) electrons. The molecule has 20 heavy (non-hydrogen) atoms. The maximum absolute atomic E-state index is 5.74. The molecule has 2 atom stereocenters. The Balaban J connectivity index is 1.83. The van der Waals surface area contributed by atoms with Crippen LogP contribution in [0.1, 0.15) is 31.0 Å². The molecule has 1 aromatic heterocycles. The van der Waals surface area contributed by atoms with Gasteiger partial charge in [-0.3, -0.25) is 11.3 Å². The number of nitrogens with one attached hydrogen (secondary N) is 1. The van der Waals surface area contributed by atoms with Gasteiger partial charge in [-0.2, -0.15) is 5.10 Å². The Morgan fingerprint density at radius 3 is 2.90 bits per heavy atom. The van der Waals surface area contributed by atoms with Crippen LogP contribution < -0.4 is 11.3 Å². The number of ether oxygens (including phenoxy) is 1. The zero-order valence-electron chi connectivity index (χ0n) is 11.4. The predicted molar refractivity (Wildman–Crippen MR) is 77.2 cm³/mol. The normalized spacial score (nSPS) is 20.1. The fourth-order valence-corrected chi connectivity index (χ4v) is 2.73. The van der Waals surface area contributed by atoms with Crippen LogP contribution in [0.5, 0.6) is 0 Å². The molecule has 0 spiro atoms. The van der Waals surface area contributed by atoms with Crippen LogP contribution in [0, 0.1) is 0 Å². The summed E-state index contributed by atoms with van der Waals surface area (Å²) in [7, 11) is 0. The molecule has 1 aliphatic rings. The molecule has 0 saturated carbocycles. The van der Waals surface area contributed by atoms with Gasteiger partial charge in [0.15, 0.2) is 0 Å². The fourth-order valence-electron chi connectivity index (χ4n) is 2.73. The third kappa shape index (κ3) is 2.75. The van der Waals surface area contributed by atoms with Crippen molar-refractivity contribution in [1.82, 2.24) is 15.2 Å². The van der Waals surface area contributed by atoms with Gasteiger partial charge >= 0.3 is 0 Å². The Morgan fingerprint density at radius 2 is 2.20 bits per heavy atom. The van der Waals surface area contributed by atoms with Gasteiger partial charge < -0.3 is 4.74 Å². The Labute approximate surface area is 118 Å². The molecule has 3 rings (SSSR count). The van der Waals surface area contributed by atoms with Crippen molar-refractivity contribution in [3.05, 3.63) is 48.3 Å². The minimum atomic E-state index is 0.0424. The van der Waals surface area contributed by atoms with E-state index >= 15 is 0 Å². The smallest absolute Gasteiger partial charge is 0.0658 e. The number of nitrogens with zero attached hydrogens (tertiary/aromatic N) is 2. The van der Waals surface area contributed by atoms with Crippen LogP contribution in [0.2, 0.25) is 0 Å². The lowest BCUT2D eigenvalue weighted by molar-refractivity contribution is 0.0939. The summed E-state index contributed by atoms with van der Waals surface area (Å²) in [5.41, 5.74) is 5.01. The Bertz CT molecular complexity index is 534. The lowest BCUT2D eigenvalue weighted by Crippen LogP contribution is -2.32. The average molecular weight is 272 g/mol. The fraction of sp³-hybridized carbons (Fsp3) is 0.400. The predicted octanol–water partition coefficient (Wildman–Crippen LogP) is 1.95. The van der Waals surface area contributed by atoms with Crippen molar-refractivity contribution in [3.63, 3.8) is 0 Å². The molecular formula is C15H20N4O. The third-order valence-electron chi connectivity index (χ3n) is 3.75. The van der Waals surface area contributed by atoms with E-state index in [-0.39, 0.29) is 12.1 Å². The van der Waals surface area contributed by atoms with Crippen LogP contribution in [0.3, 0.4) is 0 Å². The molecule has 2 aromatic rings. The summed E-state index contributed by atoms with van der Waals surface area (Å²) in [6.45, 7) is 0.861. The van der Waals surface area contributed by atoms with Gasteiger partial charge in [0.05, 0.1) is 23.5 Å². The highest BCUT2D eigenvalue weighted by Crippen LogP contribution is 2.25. The first kappa shape index (κ1) is 13.3. The van der Waals surface area contributed by atoms with Crippen molar-refractivity contribution in [2.45, 2.75) is 31.4 Å². The van der Waals surface area contributed by atoms with Gasteiger partial charge in [-0.15, -0.1) is 0 Å². The molecule has 1 saturated heterocycles. The number of aromatic nitrogens is 2. The summed E-state index contributed by atoms with van der Waals surface area (Å²) < 4.78 is 7.63. The molecule has 0 bridgehead atoms. The van der Waals surface area contributed by atoms with E-state index in [1.807, 2.05) is 47.3 Å². The van der Waals surface area contributed by atoms with E-state index < -0.39 is 0 Å². The quantitative estimate of drug-likeness (QED) is 0.645. The van der Waals surface area contributed by atoms with Gasteiger partial charge in [-0.1, -0.05) is 18.2 Å². The van der Waals surface area contributed by atoms with Crippen LogP contribution in [-0.2, 0) is 4.74 Å². The molecule has 5 heteroatoms. The highest BCUT2D eigenvalue weighted by atomic mass is 16.5. The van der Waals surface area contributed by atoms with Gasteiger partial charge in [-0.25, -0.2) is 4.68 Å². The summed E-state index contributed by atoms with van der Waals surface area (Å²) in [6.07, 6.45) is 5.21. The van der Waals surface area contributed by atoms with Crippen molar-refractivity contribution >= 4 is 0 Å². The molecule has 0 amide bonds. The molecule has 2 heterocycles. The summed E-state index contributed by atoms with van der Waals surface area (Å²) in [5.74, 6) is 5.74. The van der Waals surface area contributed by atoms with Crippen LogP contribution in [0.25, 0.3) is 5.69 Å². The second-order valence-electron chi connectivity index (χ2n) is 5.09. The first-order chi connectivity index (χ1) is 9.88. The third-order valence-corrected chi connectivity index (χ3v) is 3.75. The number of hydrogen-bond donors (Lipinski definition) is 2. The first-order valence-corrected chi connectivity index (χ1v) is 7.05. The molecule has 1 aromatic carbocycles. The zero-order chi connectivity index (χ0) is 13.8. The minimum absolute atomic E-state index is 0.0424. The molecule has 3 N–H and O–H groups in total. The molecule has 106 valence electrons. The SMILES string of the molecule is NNC(CC1CCCO1)c1ccnn1-c1ccccc1. The number of para-hydroxylation sites is 1. The Morgan fingerprint density at radius 1 is 1.35 bits per heavy atom. The van der Waals surface area contributed by atoms with Crippen molar-refractivity contribution in [1.29, 1.82) is 0 Å². The number of rotatable bonds is 5. The average Bonchev–Trinajstić information content (AvgIpc) is 3.17. The molecule has 1 fully saturated rings. The summed E-state index contributed by atoms with van der Waals surface area (Å²) in [4.78, 5) is 0. The number of hydrogen-bond acceptors (Lipinski definition) is 4. The number of nitrogens with two attached hydrogens (primary N) is 1. The number of hydrazine groups is 1. The second kappa shape index (κ2) is 6.17.